The van der Waals surface area contributed by atoms with Gasteiger partial charge in [-0.2, -0.15) is 0 Å². The first-order valence-electron chi connectivity index (χ1n) is 8.01. The Morgan fingerprint density at radius 3 is 2.65 bits per heavy atom. The smallest absolute Gasteiger partial charge is 0.220 e. The summed E-state index contributed by atoms with van der Waals surface area (Å²) in [7, 11) is 0. The van der Waals surface area contributed by atoms with Crippen LogP contribution in [0.1, 0.15) is 30.4 Å². The van der Waals surface area contributed by atoms with Crippen molar-refractivity contribution in [1.29, 1.82) is 0 Å². The summed E-state index contributed by atoms with van der Waals surface area (Å²) in [5.74, 6) is 0.374. The highest BCUT2D eigenvalue weighted by Gasteiger charge is 2.11. The van der Waals surface area contributed by atoms with E-state index >= 15 is 0 Å². The second-order valence-corrected chi connectivity index (χ2v) is 6.78. The van der Waals surface area contributed by atoms with Crippen LogP contribution in [0.3, 0.4) is 0 Å². The van der Waals surface area contributed by atoms with Gasteiger partial charge in [-0.25, -0.2) is 0 Å². The van der Waals surface area contributed by atoms with E-state index in [1.165, 1.54) is 21.2 Å². The maximum absolute atomic E-state index is 12.1. The van der Waals surface area contributed by atoms with Crippen molar-refractivity contribution in [2.75, 3.05) is 6.54 Å². The molecule has 1 N–H and O–H groups in total. The number of benzene rings is 2. The number of carbonyl (C=O) groups is 1. The van der Waals surface area contributed by atoms with Gasteiger partial charge in [-0.15, -0.1) is 11.3 Å². The molecular weight excluding hydrogens is 302 g/mol. The van der Waals surface area contributed by atoms with Crippen LogP contribution < -0.4 is 5.32 Å². The van der Waals surface area contributed by atoms with Crippen LogP contribution in [0.25, 0.3) is 10.1 Å². The van der Waals surface area contributed by atoms with Crippen molar-refractivity contribution in [2.24, 2.45) is 0 Å². The molecule has 0 spiro atoms. The normalized spacial score (nSPS) is 12.2. The zero-order valence-corrected chi connectivity index (χ0v) is 14.1. The minimum Gasteiger partial charge on any atom is -0.356 e. The standard InChI is InChI=1S/C20H21NOS/c1-15(16-7-3-2-4-8-16)13-20(22)21-12-11-17-14-23-19-10-6-5-9-18(17)19/h2-10,14-15H,11-13H2,1H3,(H,21,22). The SMILES string of the molecule is CC(CC(=O)NCCc1csc2ccccc12)c1ccccc1. The maximum atomic E-state index is 12.1. The fraction of sp³-hybridized carbons (Fsp3) is 0.250. The van der Waals surface area contributed by atoms with Crippen LogP contribution in [-0.2, 0) is 11.2 Å². The van der Waals surface area contributed by atoms with Gasteiger partial charge in [0, 0.05) is 17.7 Å². The fourth-order valence-corrected chi connectivity index (χ4v) is 3.81. The number of hydrogen-bond acceptors (Lipinski definition) is 2. The van der Waals surface area contributed by atoms with E-state index < -0.39 is 0 Å². The Bertz CT molecular complexity index is 778. The Hall–Kier alpha value is -2.13. The van der Waals surface area contributed by atoms with Crippen molar-refractivity contribution in [1.82, 2.24) is 5.32 Å². The lowest BCUT2D eigenvalue weighted by atomic mass is 9.97. The predicted octanol–water partition coefficient (Wildman–Crippen LogP) is 4.75. The van der Waals surface area contributed by atoms with Gasteiger partial charge >= 0.3 is 0 Å². The van der Waals surface area contributed by atoms with Crippen molar-refractivity contribution in [3.63, 3.8) is 0 Å². The molecule has 0 bridgehead atoms. The van der Waals surface area contributed by atoms with Gasteiger partial charge in [0.15, 0.2) is 0 Å². The average molecular weight is 323 g/mol. The lowest BCUT2D eigenvalue weighted by molar-refractivity contribution is -0.121. The highest BCUT2D eigenvalue weighted by molar-refractivity contribution is 7.17. The van der Waals surface area contributed by atoms with Crippen LogP contribution in [0.5, 0.6) is 0 Å². The molecule has 0 fully saturated rings. The molecular formula is C20H21NOS. The molecule has 0 aliphatic rings. The van der Waals surface area contributed by atoms with E-state index in [1.807, 2.05) is 18.2 Å². The lowest BCUT2D eigenvalue weighted by Crippen LogP contribution is -2.26. The first kappa shape index (κ1) is 15.8. The summed E-state index contributed by atoms with van der Waals surface area (Å²) in [5.41, 5.74) is 2.54. The number of thiophene rings is 1. The molecule has 3 aromatic rings. The van der Waals surface area contributed by atoms with E-state index in [4.69, 9.17) is 0 Å². The van der Waals surface area contributed by atoms with Gasteiger partial charge < -0.3 is 5.32 Å². The van der Waals surface area contributed by atoms with Crippen LogP contribution in [0, 0.1) is 0 Å². The van der Waals surface area contributed by atoms with Gasteiger partial charge in [-0.1, -0.05) is 55.5 Å². The van der Waals surface area contributed by atoms with Crippen molar-refractivity contribution >= 4 is 27.3 Å². The van der Waals surface area contributed by atoms with Crippen molar-refractivity contribution in [3.05, 3.63) is 71.1 Å². The van der Waals surface area contributed by atoms with E-state index in [0.29, 0.717) is 13.0 Å². The Morgan fingerprint density at radius 1 is 1.09 bits per heavy atom. The summed E-state index contributed by atoms with van der Waals surface area (Å²) in [6, 6.07) is 18.6. The molecule has 0 saturated heterocycles. The van der Waals surface area contributed by atoms with Crippen molar-refractivity contribution < 1.29 is 4.79 Å². The van der Waals surface area contributed by atoms with Crippen LogP contribution in [-0.4, -0.2) is 12.5 Å². The summed E-state index contributed by atoms with van der Waals surface area (Å²) < 4.78 is 1.31. The third-order valence-corrected chi connectivity index (χ3v) is 5.15. The number of fused-ring (bicyclic) bond motifs is 1. The maximum Gasteiger partial charge on any atom is 0.220 e. The summed E-state index contributed by atoms with van der Waals surface area (Å²) >= 11 is 1.77. The summed E-state index contributed by atoms with van der Waals surface area (Å²) in [5, 5.41) is 6.56. The summed E-state index contributed by atoms with van der Waals surface area (Å²) in [6.45, 7) is 2.79. The van der Waals surface area contributed by atoms with Gasteiger partial charge in [0.1, 0.15) is 0 Å². The average Bonchev–Trinajstić information content (AvgIpc) is 2.99. The number of nitrogens with one attached hydrogen (secondary N) is 1. The molecule has 0 aliphatic heterocycles. The largest absolute Gasteiger partial charge is 0.356 e. The van der Waals surface area contributed by atoms with Crippen LogP contribution >= 0.6 is 11.3 Å². The molecule has 3 rings (SSSR count). The summed E-state index contributed by atoms with van der Waals surface area (Å²) in [4.78, 5) is 12.1. The second-order valence-electron chi connectivity index (χ2n) is 5.87. The van der Waals surface area contributed by atoms with Gasteiger partial charge in [0.05, 0.1) is 0 Å². The molecule has 1 aromatic heterocycles. The molecule has 0 saturated carbocycles. The monoisotopic (exact) mass is 323 g/mol. The van der Waals surface area contributed by atoms with Crippen molar-refractivity contribution in [2.45, 2.75) is 25.7 Å². The number of amides is 1. The van der Waals surface area contributed by atoms with Gasteiger partial charge in [0.2, 0.25) is 5.91 Å². The molecule has 1 atom stereocenters. The van der Waals surface area contributed by atoms with Crippen LogP contribution in [0.4, 0.5) is 0 Å². The van der Waals surface area contributed by atoms with E-state index in [2.05, 4.69) is 54.0 Å². The molecule has 1 unspecified atom stereocenters. The minimum atomic E-state index is 0.126. The van der Waals surface area contributed by atoms with Gasteiger partial charge in [0.25, 0.3) is 0 Å². The molecule has 1 amide bonds. The second kappa shape index (κ2) is 7.42. The van der Waals surface area contributed by atoms with Gasteiger partial charge in [-0.05, 0) is 40.3 Å². The summed E-state index contributed by atoms with van der Waals surface area (Å²) in [6.07, 6.45) is 1.42. The highest BCUT2D eigenvalue weighted by Crippen LogP contribution is 2.25. The Morgan fingerprint density at radius 2 is 1.83 bits per heavy atom. The number of hydrogen-bond donors (Lipinski definition) is 1. The first-order valence-corrected chi connectivity index (χ1v) is 8.89. The Labute approximate surface area is 141 Å². The first-order chi connectivity index (χ1) is 11.2. The molecule has 0 radical (unpaired) electrons. The Balaban J connectivity index is 1.50. The van der Waals surface area contributed by atoms with E-state index in [9.17, 15) is 4.79 Å². The van der Waals surface area contributed by atoms with E-state index in [0.717, 1.165) is 6.42 Å². The third kappa shape index (κ3) is 3.99. The third-order valence-electron chi connectivity index (χ3n) is 4.14. The zero-order chi connectivity index (χ0) is 16.1. The topological polar surface area (TPSA) is 29.1 Å². The molecule has 2 nitrogen and oxygen atoms in total. The Kier molecular flexibility index (Phi) is 5.09. The predicted molar refractivity (Wildman–Crippen MR) is 98.0 cm³/mol. The number of rotatable bonds is 6. The quantitative estimate of drug-likeness (QED) is 0.696. The fourth-order valence-electron chi connectivity index (χ4n) is 2.81. The molecule has 1 heterocycles. The van der Waals surface area contributed by atoms with Crippen LogP contribution in [0.2, 0.25) is 0 Å². The minimum absolute atomic E-state index is 0.126. The molecule has 118 valence electrons. The van der Waals surface area contributed by atoms with E-state index in [-0.39, 0.29) is 11.8 Å². The van der Waals surface area contributed by atoms with E-state index in [1.54, 1.807) is 11.3 Å². The molecule has 3 heteroatoms. The molecule has 23 heavy (non-hydrogen) atoms. The molecule has 2 aromatic carbocycles. The number of carbonyl (C=O) groups excluding carboxylic acids is 1. The van der Waals surface area contributed by atoms with Crippen molar-refractivity contribution in [3.8, 4) is 0 Å². The highest BCUT2D eigenvalue weighted by atomic mass is 32.1. The van der Waals surface area contributed by atoms with Crippen LogP contribution in [0.15, 0.2) is 60.0 Å². The van der Waals surface area contributed by atoms with Gasteiger partial charge in [-0.3, -0.25) is 4.79 Å². The lowest BCUT2D eigenvalue weighted by Gasteiger charge is -2.12. The zero-order valence-electron chi connectivity index (χ0n) is 13.3. The molecule has 0 aliphatic carbocycles.